The van der Waals surface area contributed by atoms with Crippen molar-refractivity contribution in [3.63, 3.8) is 0 Å². The summed E-state index contributed by atoms with van der Waals surface area (Å²) in [6.45, 7) is 0.736. The molecule has 35 heavy (non-hydrogen) atoms. The molecule has 7 nitrogen and oxygen atoms in total. The molecule has 1 aliphatic rings. The summed E-state index contributed by atoms with van der Waals surface area (Å²) in [7, 11) is -3.24. The minimum Gasteiger partial charge on any atom is -0.347 e. The van der Waals surface area contributed by atoms with E-state index in [4.69, 9.17) is 16.7 Å². The molecule has 1 aliphatic heterocycles. The standard InChI is InChI=1S/C25H22ClFN4O3S/c26-22-4-2-1-3-20(22)24-21-10-5-16(25(32)29-18-14-28-11-12-35(33,34)15-18)13-23(21)31(30-24)19-8-6-17(27)7-9-19/h1-10,13,18,28H,11-12,14-15H2,(H,29,32). The molecule has 0 saturated carbocycles. The Balaban J connectivity index is 1.57. The average Bonchev–Trinajstić information content (AvgIpc) is 3.11. The van der Waals surface area contributed by atoms with Crippen molar-refractivity contribution >= 4 is 38.2 Å². The van der Waals surface area contributed by atoms with Crippen LogP contribution in [-0.4, -0.2) is 54.7 Å². The lowest BCUT2D eigenvalue weighted by Gasteiger charge is -2.16. The van der Waals surface area contributed by atoms with Crippen molar-refractivity contribution in [3.8, 4) is 16.9 Å². The predicted octanol–water partition coefficient (Wildman–Crippen LogP) is 3.60. The highest BCUT2D eigenvalue weighted by Gasteiger charge is 2.25. The van der Waals surface area contributed by atoms with Gasteiger partial charge in [-0.15, -0.1) is 0 Å². The number of rotatable bonds is 4. The summed E-state index contributed by atoms with van der Waals surface area (Å²) in [6, 6.07) is 17.8. The highest BCUT2D eigenvalue weighted by molar-refractivity contribution is 7.91. The van der Waals surface area contributed by atoms with Crippen LogP contribution in [0, 0.1) is 5.82 Å². The van der Waals surface area contributed by atoms with Crippen LogP contribution in [0.3, 0.4) is 0 Å². The van der Waals surface area contributed by atoms with E-state index in [1.165, 1.54) is 12.1 Å². The Morgan fingerprint density at radius 2 is 1.89 bits per heavy atom. The molecule has 1 amide bonds. The molecule has 0 radical (unpaired) electrons. The maximum atomic E-state index is 13.6. The molecule has 2 N–H and O–H groups in total. The van der Waals surface area contributed by atoms with Crippen molar-refractivity contribution in [2.24, 2.45) is 0 Å². The van der Waals surface area contributed by atoms with Crippen LogP contribution in [0.15, 0.2) is 66.7 Å². The minimum absolute atomic E-state index is 0.0486. The van der Waals surface area contributed by atoms with Gasteiger partial charge in [0.1, 0.15) is 11.5 Å². The van der Waals surface area contributed by atoms with E-state index in [2.05, 4.69) is 10.6 Å². The summed E-state index contributed by atoms with van der Waals surface area (Å²) in [4.78, 5) is 13.1. The summed E-state index contributed by atoms with van der Waals surface area (Å²) in [6.07, 6.45) is 0. The number of halogens is 2. The van der Waals surface area contributed by atoms with Gasteiger partial charge in [-0.25, -0.2) is 17.5 Å². The van der Waals surface area contributed by atoms with E-state index >= 15 is 0 Å². The SMILES string of the molecule is O=C(NC1CNCCS(=O)(=O)C1)c1ccc2c(-c3ccccc3Cl)nn(-c3ccc(F)cc3)c2c1. The number of hydrogen-bond acceptors (Lipinski definition) is 5. The van der Waals surface area contributed by atoms with Crippen LogP contribution in [0.1, 0.15) is 10.4 Å². The van der Waals surface area contributed by atoms with Crippen molar-refractivity contribution in [3.05, 3.63) is 83.1 Å². The second kappa shape index (κ2) is 9.41. The van der Waals surface area contributed by atoms with Crippen LogP contribution in [0.2, 0.25) is 5.02 Å². The van der Waals surface area contributed by atoms with Crippen LogP contribution in [0.4, 0.5) is 4.39 Å². The summed E-state index contributed by atoms with van der Waals surface area (Å²) in [5.74, 6) is -0.823. The highest BCUT2D eigenvalue weighted by Crippen LogP contribution is 2.34. The first-order valence-corrected chi connectivity index (χ1v) is 13.3. The molecule has 1 fully saturated rings. The Labute approximate surface area is 206 Å². The number of aromatic nitrogens is 2. The van der Waals surface area contributed by atoms with Crippen molar-refractivity contribution in [1.82, 2.24) is 20.4 Å². The Morgan fingerprint density at radius 1 is 1.11 bits per heavy atom. The van der Waals surface area contributed by atoms with Gasteiger partial charge in [-0.3, -0.25) is 4.79 Å². The number of carbonyl (C=O) groups is 1. The molecule has 2 heterocycles. The zero-order chi connectivity index (χ0) is 24.6. The fourth-order valence-corrected chi connectivity index (χ4v) is 5.86. The predicted molar refractivity (Wildman–Crippen MR) is 134 cm³/mol. The summed E-state index contributed by atoms with van der Waals surface area (Å²) >= 11 is 6.44. The smallest absolute Gasteiger partial charge is 0.251 e. The molecule has 1 aromatic heterocycles. The number of nitrogens with zero attached hydrogens (tertiary/aromatic N) is 2. The second-order valence-electron chi connectivity index (χ2n) is 8.44. The first-order chi connectivity index (χ1) is 16.8. The highest BCUT2D eigenvalue weighted by atomic mass is 35.5. The van der Waals surface area contributed by atoms with E-state index in [0.717, 1.165) is 10.9 Å². The number of amides is 1. The lowest BCUT2D eigenvalue weighted by Crippen LogP contribution is -2.44. The molecule has 1 saturated heterocycles. The zero-order valence-electron chi connectivity index (χ0n) is 18.5. The fraction of sp³-hybridized carbons (Fsp3) is 0.200. The number of nitrogens with one attached hydrogen (secondary N) is 2. The lowest BCUT2D eigenvalue weighted by atomic mass is 10.1. The quantitative estimate of drug-likeness (QED) is 0.436. The van der Waals surface area contributed by atoms with Crippen LogP contribution in [0.25, 0.3) is 27.8 Å². The average molecular weight is 513 g/mol. The zero-order valence-corrected chi connectivity index (χ0v) is 20.1. The first kappa shape index (κ1) is 23.5. The fourth-order valence-electron chi connectivity index (χ4n) is 4.20. The van der Waals surface area contributed by atoms with Gasteiger partial charge in [0.2, 0.25) is 0 Å². The van der Waals surface area contributed by atoms with Crippen LogP contribution in [-0.2, 0) is 9.84 Å². The van der Waals surface area contributed by atoms with Gasteiger partial charge in [0.05, 0.1) is 33.8 Å². The molecule has 0 aliphatic carbocycles. The van der Waals surface area contributed by atoms with E-state index in [9.17, 15) is 17.6 Å². The maximum Gasteiger partial charge on any atom is 0.251 e. The van der Waals surface area contributed by atoms with Crippen LogP contribution in [0.5, 0.6) is 0 Å². The van der Waals surface area contributed by atoms with Gasteiger partial charge < -0.3 is 10.6 Å². The second-order valence-corrected chi connectivity index (χ2v) is 11.1. The normalized spacial score (nSPS) is 17.7. The van der Waals surface area contributed by atoms with E-state index in [0.29, 0.717) is 40.6 Å². The Bertz CT molecular complexity index is 1520. The molecule has 4 aromatic rings. The number of sulfone groups is 1. The molecule has 180 valence electrons. The molecule has 3 aromatic carbocycles. The monoisotopic (exact) mass is 512 g/mol. The number of benzene rings is 3. The summed E-state index contributed by atoms with van der Waals surface area (Å²) in [5, 5.41) is 11.9. The minimum atomic E-state index is -3.24. The Kier molecular flexibility index (Phi) is 6.31. The molecule has 0 spiro atoms. The molecular weight excluding hydrogens is 491 g/mol. The van der Waals surface area contributed by atoms with Crippen molar-refractivity contribution in [2.45, 2.75) is 6.04 Å². The number of hydrogen-bond donors (Lipinski definition) is 2. The third-order valence-corrected chi connectivity index (χ3v) is 7.98. The maximum absolute atomic E-state index is 13.6. The molecule has 1 atom stereocenters. The number of carbonyl (C=O) groups excluding carboxylic acids is 1. The third-order valence-electron chi connectivity index (χ3n) is 5.91. The van der Waals surface area contributed by atoms with E-state index in [-0.39, 0.29) is 23.2 Å². The molecule has 10 heteroatoms. The van der Waals surface area contributed by atoms with Crippen molar-refractivity contribution in [1.29, 1.82) is 0 Å². The van der Waals surface area contributed by atoms with E-state index in [1.807, 2.05) is 18.2 Å². The Morgan fingerprint density at radius 3 is 2.66 bits per heavy atom. The van der Waals surface area contributed by atoms with Crippen molar-refractivity contribution in [2.75, 3.05) is 24.6 Å². The van der Waals surface area contributed by atoms with Gasteiger partial charge in [-0.2, -0.15) is 5.10 Å². The molecule has 5 rings (SSSR count). The van der Waals surface area contributed by atoms with Crippen LogP contribution < -0.4 is 10.6 Å². The van der Waals surface area contributed by atoms with E-state index in [1.54, 1.807) is 41.1 Å². The number of fused-ring (bicyclic) bond motifs is 1. The lowest BCUT2D eigenvalue weighted by molar-refractivity contribution is 0.0941. The molecule has 1 unspecified atom stereocenters. The largest absolute Gasteiger partial charge is 0.347 e. The molecular formula is C25H22ClFN4O3S. The topological polar surface area (TPSA) is 93.1 Å². The van der Waals surface area contributed by atoms with Crippen molar-refractivity contribution < 1.29 is 17.6 Å². The van der Waals surface area contributed by atoms with Crippen LogP contribution >= 0.6 is 11.6 Å². The van der Waals surface area contributed by atoms with Gasteiger partial charge in [0.15, 0.2) is 9.84 Å². The third kappa shape index (κ3) is 4.93. The van der Waals surface area contributed by atoms with Gasteiger partial charge in [0.25, 0.3) is 5.91 Å². The molecule has 0 bridgehead atoms. The first-order valence-electron chi connectivity index (χ1n) is 11.1. The van der Waals surface area contributed by atoms with Gasteiger partial charge in [-0.1, -0.05) is 29.8 Å². The van der Waals surface area contributed by atoms with Gasteiger partial charge in [0, 0.05) is 29.6 Å². The summed E-state index contributed by atoms with van der Waals surface area (Å²) in [5.41, 5.74) is 2.96. The summed E-state index contributed by atoms with van der Waals surface area (Å²) < 4.78 is 39.5. The Hall–Kier alpha value is -3.27. The van der Waals surface area contributed by atoms with Gasteiger partial charge >= 0.3 is 0 Å². The van der Waals surface area contributed by atoms with Gasteiger partial charge in [-0.05, 0) is 48.5 Å². The van der Waals surface area contributed by atoms with E-state index < -0.39 is 15.9 Å².